The van der Waals surface area contributed by atoms with Gasteiger partial charge >= 0.3 is 0 Å². The van der Waals surface area contributed by atoms with E-state index in [4.69, 9.17) is 16.0 Å². The van der Waals surface area contributed by atoms with Crippen LogP contribution in [0.15, 0.2) is 29.0 Å². The Morgan fingerprint density at radius 1 is 1.31 bits per heavy atom. The molecule has 0 aliphatic carbocycles. The fourth-order valence-corrected chi connectivity index (χ4v) is 1.12. The van der Waals surface area contributed by atoms with Crippen LogP contribution < -0.4 is 0 Å². The highest BCUT2D eigenvalue weighted by atomic mass is 35.5. The molecule has 0 saturated carbocycles. The molecule has 0 atom stereocenters. The van der Waals surface area contributed by atoms with E-state index < -0.39 is 0 Å². The summed E-state index contributed by atoms with van der Waals surface area (Å²) in [6, 6.07) is 3.84. The number of aromatic nitrogens is 2. The molecule has 66 valence electrons. The molecule has 0 aromatic carbocycles. The highest BCUT2D eigenvalue weighted by Crippen LogP contribution is 2.18. The van der Waals surface area contributed by atoms with Crippen molar-refractivity contribution in [2.24, 2.45) is 0 Å². The first-order chi connectivity index (χ1) is 6.25. The topological polar surface area (TPSA) is 38.9 Å². The van der Waals surface area contributed by atoms with Gasteiger partial charge in [-0.3, -0.25) is 4.98 Å². The Bertz CT molecular complexity index is 408. The van der Waals surface area contributed by atoms with Crippen molar-refractivity contribution in [1.29, 1.82) is 0 Å². The van der Waals surface area contributed by atoms with E-state index in [1.807, 2.05) is 19.1 Å². The largest absolute Gasteiger partial charge is 0.435 e. The van der Waals surface area contributed by atoms with Crippen molar-refractivity contribution in [1.82, 2.24) is 9.97 Å². The second-order valence-electron chi connectivity index (χ2n) is 2.71. The summed E-state index contributed by atoms with van der Waals surface area (Å²) >= 11 is 5.54. The predicted molar refractivity (Wildman–Crippen MR) is 49.5 cm³/mol. The summed E-state index contributed by atoms with van der Waals surface area (Å²) in [4.78, 5) is 8.13. The summed E-state index contributed by atoms with van der Waals surface area (Å²) in [5.41, 5.74) is 2.53. The molecule has 0 amide bonds. The van der Waals surface area contributed by atoms with Gasteiger partial charge in [-0.2, -0.15) is 4.98 Å². The highest BCUT2D eigenvalue weighted by molar-refractivity contribution is 6.27. The van der Waals surface area contributed by atoms with Crippen molar-refractivity contribution >= 4 is 11.6 Å². The molecule has 2 aromatic heterocycles. The average molecular weight is 195 g/mol. The van der Waals surface area contributed by atoms with Crippen molar-refractivity contribution in [2.45, 2.75) is 6.92 Å². The SMILES string of the molecule is Cc1ccc(-c2coc(Cl)n2)nc1. The molecule has 0 radical (unpaired) electrons. The van der Waals surface area contributed by atoms with Gasteiger partial charge in [-0.15, -0.1) is 0 Å². The third-order valence-corrected chi connectivity index (χ3v) is 1.82. The quantitative estimate of drug-likeness (QED) is 0.701. The Balaban J connectivity index is 2.41. The number of hydrogen-bond donors (Lipinski definition) is 0. The molecule has 13 heavy (non-hydrogen) atoms. The van der Waals surface area contributed by atoms with Crippen LogP contribution >= 0.6 is 11.6 Å². The molecule has 0 aliphatic heterocycles. The first kappa shape index (κ1) is 8.26. The zero-order valence-electron chi connectivity index (χ0n) is 6.99. The molecule has 0 fully saturated rings. The number of oxazole rings is 1. The minimum atomic E-state index is 0.136. The summed E-state index contributed by atoms with van der Waals surface area (Å²) in [7, 11) is 0. The van der Waals surface area contributed by atoms with E-state index >= 15 is 0 Å². The summed E-state index contributed by atoms with van der Waals surface area (Å²) in [5.74, 6) is 0. The second-order valence-corrected chi connectivity index (χ2v) is 3.03. The van der Waals surface area contributed by atoms with Gasteiger partial charge in [0.15, 0.2) is 0 Å². The maximum atomic E-state index is 5.54. The molecule has 0 unspecified atom stereocenters. The zero-order chi connectivity index (χ0) is 9.26. The van der Waals surface area contributed by atoms with Crippen LogP contribution in [-0.2, 0) is 0 Å². The lowest BCUT2D eigenvalue weighted by molar-refractivity contribution is 0.560. The smallest absolute Gasteiger partial charge is 0.292 e. The Labute approximate surface area is 80.4 Å². The van der Waals surface area contributed by atoms with Crippen LogP contribution in [0.2, 0.25) is 5.35 Å². The first-order valence-electron chi connectivity index (χ1n) is 3.80. The van der Waals surface area contributed by atoms with Crippen LogP contribution in [0, 0.1) is 6.92 Å². The van der Waals surface area contributed by atoms with E-state index in [0.717, 1.165) is 11.3 Å². The third-order valence-electron chi connectivity index (χ3n) is 1.65. The van der Waals surface area contributed by atoms with Crippen molar-refractivity contribution in [3.8, 4) is 11.4 Å². The van der Waals surface area contributed by atoms with E-state index in [-0.39, 0.29) is 5.35 Å². The zero-order valence-corrected chi connectivity index (χ0v) is 7.75. The summed E-state index contributed by atoms with van der Waals surface area (Å²) in [6.07, 6.45) is 3.26. The van der Waals surface area contributed by atoms with Crippen LogP contribution in [-0.4, -0.2) is 9.97 Å². The van der Waals surface area contributed by atoms with Crippen LogP contribution in [0.1, 0.15) is 5.56 Å². The first-order valence-corrected chi connectivity index (χ1v) is 4.17. The van der Waals surface area contributed by atoms with Crippen LogP contribution in [0.5, 0.6) is 0 Å². The fraction of sp³-hybridized carbons (Fsp3) is 0.111. The molecule has 2 heterocycles. The number of pyridine rings is 1. The normalized spacial score (nSPS) is 10.3. The summed E-state index contributed by atoms with van der Waals surface area (Å²) < 4.78 is 4.86. The molecule has 4 heteroatoms. The van der Waals surface area contributed by atoms with Crippen LogP contribution in [0.4, 0.5) is 0 Å². The van der Waals surface area contributed by atoms with E-state index in [1.165, 1.54) is 6.26 Å². The van der Waals surface area contributed by atoms with Gasteiger partial charge in [-0.1, -0.05) is 6.07 Å². The molecule has 2 aromatic rings. The van der Waals surface area contributed by atoms with E-state index in [2.05, 4.69) is 9.97 Å². The van der Waals surface area contributed by atoms with Gasteiger partial charge < -0.3 is 4.42 Å². The predicted octanol–water partition coefficient (Wildman–Crippen LogP) is 2.70. The van der Waals surface area contributed by atoms with Gasteiger partial charge in [-0.05, 0) is 30.2 Å². The van der Waals surface area contributed by atoms with Crippen molar-refractivity contribution in [3.05, 3.63) is 35.5 Å². The molecular weight excluding hydrogens is 188 g/mol. The van der Waals surface area contributed by atoms with Crippen molar-refractivity contribution < 1.29 is 4.42 Å². The molecular formula is C9H7ClN2O. The van der Waals surface area contributed by atoms with Crippen LogP contribution in [0.25, 0.3) is 11.4 Å². The van der Waals surface area contributed by atoms with Crippen molar-refractivity contribution in [2.75, 3.05) is 0 Å². The average Bonchev–Trinajstić information content (AvgIpc) is 2.53. The Kier molecular flexibility index (Phi) is 2.02. The third kappa shape index (κ3) is 1.70. The number of aryl methyl sites for hydroxylation is 1. The van der Waals surface area contributed by atoms with Crippen LogP contribution in [0.3, 0.4) is 0 Å². The van der Waals surface area contributed by atoms with Gasteiger partial charge in [0.05, 0.1) is 5.69 Å². The molecule has 0 bridgehead atoms. The lowest BCUT2D eigenvalue weighted by Gasteiger charge is -1.94. The van der Waals surface area contributed by atoms with Crippen molar-refractivity contribution in [3.63, 3.8) is 0 Å². The second kappa shape index (κ2) is 3.18. The van der Waals surface area contributed by atoms with Gasteiger partial charge in [0.1, 0.15) is 12.0 Å². The molecule has 0 N–H and O–H groups in total. The maximum Gasteiger partial charge on any atom is 0.292 e. The lowest BCUT2D eigenvalue weighted by atomic mass is 10.2. The number of nitrogens with zero attached hydrogens (tertiary/aromatic N) is 2. The van der Waals surface area contributed by atoms with Gasteiger partial charge in [-0.25, -0.2) is 0 Å². The van der Waals surface area contributed by atoms with E-state index in [0.29, 0.717) is 5.69 Å². The minimum absolute atomic E-state index is 0.136. The van der Waals surface area contributed by atoms with Gasteiger partial charge in [0, 0.05) is 6.20 Å². The lowest BCUT2D eigenvalue weighted by Crippen LogP contribution is -1.83. The molecule has 3 nitrogen and oxygen atoms in total. The monoisotopic (exact) mass is 194 g/mol. The molecule has 2 rings (SSSR count). The Hall–Kier alpha value is -1.35. The number of hydrogen-bond acceptors (Lipinski definition) is 3. The van der Waals surface area contributed by atoms with Gasteiger partial charge in [0.2, 0.25) is 0 Å². The molecule has 0 spiro atoms. The maximum absolute atomic E-state index is 5.54. The molecule has 0 aliphatic rings. The minimum Gasteiger partial charge on any atom is -0.435 e. The standard InChI is InChI=1S/C9H7ClN2O/c1-6-2-3-7(11-4-6)8-5-13-9(10)12-8/h2-5H,1H3. The molecule has 0 saturated heterocycles. The van der Waals surface area contributed by atoms with E-state index in [9.17, 15) is 0 Å². The summed E-state index contributed by atoms with van der Waals surface area (Å²) in [5, 5.41) is 0.136. The number of halogens is 1. The summed E-state index contributed by atoms with van der Waals surface area (Å²) in [6.45, 7) is 1.98. The number of rotatable bonds is 1. The highest BCUT2D eigenvalue weighted by Gasteiger charge is 2.04. The Morgan fingerprint density at radius 2 is 2.15 bits per heavy atom. The fourth-order valence-electron chi connectivity index (χ4n) is 0.989. The van der Waals surface area contributed by atoms with E-state index in [1.54, 1.807) is 6.20 Å². The van der Waals surface area contributed by atoms with Gasteiger partial charge in [0.25, 0.3) is 5.35 Å². The Morgan fingerprint density at radius 3 is 2.69 bits per heavy atom.